The predicted molar refractivity (Wildman–Crippen MR) is 167 cm³/mol. The van der Waals surface area contributed by atoms with Gasteiger partial charge in [0, 0.05) is 22.2 Å². The molecule has 0 spiro atoms. The van der Waals surface area contributed by atoms with E-state index in [4.69, 9.17) is 31.2 Å². The van der Waals surface area contributed by atoms with E-state index < -0.39 is 6.04 Å². The standard InChI is InChI=1S/C30H29BrClN5O3S/c1-16-9-8-12-23(17(16)2)34-28(38)25-18(3)33-29-35-30(41-15-19-10-6-7-11-22(19)32)36-37(29)26(25)20-13-21(31)27(40-5)24(14-20)39-4/h6-14,26H,15H2,1-5H3,(H,34,38)(H,33,35,36). The summed E-state index contributed by atoms with van der Waals surface area (Å²) in [6.07, 6.45) is 0. The van der Waals surface area contributed by atoms with Crippen LogP contribution < -0.4 is 20.1 Å². The summed E-state index contributed by atoms with van der Waals surface area (Å²) in [5.41, 5.74) is 5.79. The molecule has 8 nitrogen and oxygen atoms in total. The second-order valence-electron chi connectivity index (χ2n) is 9.55. The minimum absolute atomic E-state index is 0.244. The van der Waals surface area contributed by atoms with Gasteiger partial charge in [-0.2, -0.15) is 4.98 Å². The second kappa shape index (κ2) is 12.2. The van der Waals surface area contributed by atoms with E-state index in [0.717, 1.165) is 27.9 Å². The Morgan fingerprint density at radius 1 is 1.12 bits per heavy atom. The summed E-state index contributed by atoms with van der Waals surface area (Å²) >= 11 is 11.5. The molecule has 3 aromatic carbocycles. The first-order valence-electron chi connectivity index (χ1n) is 12.8. The molecule has 5 rings (SSSR count). The molecule has 41 heavy (non-hydrogen) atoms. The summed E-state index contributed by atoms with van der Waals surface area (Å²) in [6, 6.07) is 16.7. The van der Waals surface area contributed by atoms with Crippen LogP contribution in [0.2, 0.25) is 5.02 Å². The van der Waals surface area contributed by atoms with Gasteiger partial charge < -0.3 is 20.1 Å². The van der Waals surface area contributed by atoms with E-state index in [0.29, 0.717) is 49.1 Å². The van der Waals surface area contributed by atoms with Gasteiger partial charge in [0.15, 0.2) is 11.5 Å². The molecule has 212 valence electrons. The van der Waals surface area contributed by atoms with Crippen molar-refractivity contribution < 1.29 is 14.3 Å². The van der Waals surface area contributed by atoms with Gasteiger partial charge in [-0.3, -0.25) is 4.79 Å². The molecule has 4 aromatic rings. The van der Waals surface area contributed by atoms with E-state index in [9.17, 15) is 4.79 Å². The van der Waals surface area contributed by atoms with Crippen molar-refractivity contribution in [2.24, 2.45) is 0 Å². The van der Waals surface area contributed by atoms with Crippen LogP contribution in [0.3, 0.4) is 0 Å². The Labute approximate surface area is 256 Å². The first-order valence-corrected chi connectivity index (χ1v) is 15.0. The maximum atomic E-state index is 14.0. The number of fused-ring (bicyclic) bond motifs is 1. The third-order valence-corrected chi connectivity index (χ3v) is 8.86. The SMILES string of the molecule is COc1cc(C2C(C(=O)Nc3cccc(C)c3C)=C(C)Nc3nc(SCc4ccccc4Cl)nn32)cc(Br)c1OC. The molecule has 1 aromatic heterocycles. The zero-order valence-corrected chi connectivity index (χ0v) is 26.4. The average molecular weight is 655 g/mol. The van der Waals surface area contributed by atoms with Crippen LogP contribution in [0.15, 0.2) is 75.5 Å². The average Bonchev–Trinajstić information content (AvgIpc) is 3.36. The highest BCUT2D eigenvalue weighted by atomic mass is 79.9. The Kier molecular flexibility index (Phi) is 8.63. The van der Waals surface area contributed by atoms with Crippen molar-refractivity contribution in [3.05, 3.63) is 97.6 Å². The molecule has 11 heteroatoms. The number of aromatic nitrogens is 3. The number of thioether (sulfide) groups is 1. The van der Waals surface area contributed by atoms with Crippen molar-refractivity contribution in [3.8, 4) is 11.5 Å². The summed E-state index contributed by atoms with van der Waals surface area (Å²) in [6.45, 7) is 5.88. The van der Waals surface area contributed by atoms with Gasteiger partial charge in [0.05, 0.1) is 24.3 Å². The van der Waals surface area contributed by atoms with E-state index in [1.165, 1.54) is 11.8 Å². The van der Waals surface area contributed by atoms with Crippen molar-refractivity contribution in [2.45, 2.75) is 37.7 Å². The van der Waals surface area contributed by atoms with Crippen molar-refractivity contribution in [1.29, 1.82) is 0 Å². The Balaban J connectivity index is 1.58. The fourth-order valence-corrected chi connectivity index (χ4v) is 6.46. The van der Waals surface area contributed by atoms with Crippen LogP contribution in [0.25, 0.3) is 0 Å². The molecule has 0 saturated heterocycles. The quantitative estimate of drug-likeness (QED) is 0.190. The Morgan fingerprint density at radius 2 is 1.90 bits per heavy atom. The van der Waals surface area contributed by atoms with Gasteiger partial charge in [0.25, 0.3) is 5.91 Å². The highest BCUT2D eigenvalue weighted by Gasteiger charge is 2.35. The number of amides is 1. The van der Waals surface area contributed by atoms with Crippen molar-refractivity contribution in [2.75, 3.05) is 24.9 Å². The topological polar surface area (TPSA) is 90.3 Å². The van der Waals surface area contributed by atoms with Crippen LogP contribution in [-0.2, 0) is 10.5 Å². The molecular formula is C30H29BrClN5O3S. The summed E-state index contributed by atoms with van der Waals surface area (Å²) in [4.78, 5) is 18.7. The number of carbonyl (C=O) groups is 1. The van der Waals surface area contributed by atoms with Gasteiger partial charge in [-0.1, -0.05) is 53.7 Å². The summed E-state index contributed by atoms with van der Waals surface area (Å²) in [5, 5.41) is 12.5. The molecule has 1 unspecified atom stereocenters. The van der Waals surface area contributed by atoms with Gasteiger partial charge in [0.1, 0.15) is 6.04 Å². The molecule has 1 aliphatic heterocycles. The lowest BCUT2D eigenvalue weighted by Crippen LogP contribution is -2.31. The zero-order valence-electron chi connectivity index (χ0n) is 23.2. The number of carbonyl (C=O) groups excluding carboxylic acids is 1. The highest BCUT2D eigenvalue weighted by molar-refractivity contribution is 9.10. The lowest BCUT2D eigenvalue weighted by Gasteiger charge is -2.29. The smallest absolute Gasteiger partial charge is 0.255 e. The van der Waals surface area contributed by atoms with Gasteiger partial charge in [-0.15, -0.1) is 5.10 Å². The molecule has 0 saturated carbocycles. The van der Waals surface area contributed by atoms with Crippen LogP contribution in [0.5, 0.6) is 11.5 Å². The number of halogens is 2. The molecule has 2 heterocycles. The molecule has 2 N–H and O–H groups in total. The summed E-state index contributed by atoms with van der Waals surface area (Å²) in [5.74, 6) is 1.97. The van der Waals surface area contributed by atoms with Crippen molar-refractivity contribution in [3.63, 3.8) is 0 Å². The molecule has 0 fully saturated rings. The van der Waals surface area contributed by atoms with E-state index >= 15 is 0 Å². The van der Waals surface area contributed by atoms with Crippen LogP contribution >= 0.6 is 39.3 Å². The Bertz CT molecular complexity index is 1670. The lowest BCUT2D eigenvalue weighted by molar-refractivity contribution is -0.113. The van der Waals surface area contributed by atoms with Crippen molar-refractivity contribution >= 4 is 56.8 Å². The van der Waals surface area contributed by atoms with Gasteiger partial charge in [-0.25, -0.2) is 4.68 Å². The highest BCUT2D eigenvalue weighted by Crippen LogP contribution is 2.43. The van der Waals surface area contributed by atoms with Gasteiger partial charge in [-0.05, 0) is 83.2 Å². The van der Waals surface area contributed by atoms with Gasteiger partial charge in [0.2, 0.25) is 11.1 Å². The number of anilines is 2. The van der Waals surface area contributed by atoms with E-state index in [2.05, 4.69) is 26.6 Å². The number of hydrogen-bond donors (Lipinski definition) is 2. The molecule has 0 radical (unpaired) electrons. The monoisotopic (exact) mass is 653 g/mol. The molecular weight excluding hydrogens is 626 g/mol. The molecule has 1 aliphatic rings. The lowest BCUT2D eigenvalue weighted by atomic mass is 9.94. The minimum atomic E-state index is -0.602. The second-order valence-corrected chi connectivity index (χ2v) is 11.8. The third-order valence-electron chi connectivity index (χ3n) is 7.02. The van der Waals surface area contributed by atoms with E-state index in [1.807, 2.05) is 75.4 Å². The largest absolute Gasteiger partial charge is 0.493 e. The van der Waals surface area contributed by atoms with Crippen LogP contribution in [0, 0.1) is 13.8 Å². The molecule has 0 aliphatic carbocycles. The van der Waals surface area contributed by atoms with Gasteiger partial charge >= 0.3 is 0 Å². The zero-order chi connectivity index (χ0) is 29.3. The minimum Gasteiger partial charge on any atom is -0.493 e. The number of aryl methyl sites for hydroxylation is 1. The molecule has 1 amide bonds. The predicted octanol–water partition coefficient (Wildman–Crippen LogP) is 7.55. The van der Waals surface area contributed by atoms with E-state index in [-0.39, 0.29) is 5.91 Å². The van der Waals surface area contributed by atoms with E-state index in [1.54, 1.807) is 18.9 Å². The van der Waals surface area contributed by atoms with Crippen molar-refractivity contribution in [1.82, 2.24) is 14.8 Å². The Hall–Kier alpha value is -3.47. The number of benzene rings is 3. The maximum Gasteiger partial charge on any atom is 0.255 e. The summed E-state index contributed by atoms with van der Waals surface area (Å²) < 4.78 is 13.6. The number of methoxy groups -OCH3 is 2. The van der Waals surface area contributed by atoms with Crippen LogP contribution in [0.4, 0.5) is 11.6 Å². The maximum absolute atomic E-state index is 14.0. The third kappa shape index (κ3) is 5.82. The fourth-order valence-electron chi connectivity index (χ4n) is 4.72. The number of hydrogen-bond acceptors (Lipinski definition) is 7. The van der Waals surface area contributed by atoms with Crippen LogP contribution in [-0.4, -0.2) is 34.9 Å². The number of allylic oxidation sites excluding steroid dienone is 1. The Morgan fingerprint density at radius 3 is 2.63 bits per heavy atom. The number of ether oxygens (including phenoxy) is 2. The first-order chi connectivity index (χ1) is 19.7. The number of rotatable bonds is 8. The molecule has 1 atom stereocenters. The number of nitrogens with zero attached hydrogens (tertiary/aromatic N) is 3. The first kappa shape index (κ1) is 29.0. The summed E-state index contributed by atoms with van der Waals surface area (Å²) in [7, 11) is 3.16. The fraction of sp³-hybridized carbons (Fsp3) is 0.233. The molecule has 0 bridgehead atoms. The normalized spacial score (nSPS) is 14.4. The van der Waals surface area contributed by atoms with Crippen LogP contribution in [0.1, 0.15) is 35.2 Å². The number of nitrogens with one attached hydrogen (secondary N) is 2.